The van der Waals surface area contributed by atoms with Gasteiger partial charge in [-0.2, -0.15) is 4.98 Å². The van der Waals surface area contributed by atoms with E-state index < -0.39 is 11.4 Å². The van der Waals surface area contributed by atoms with Crippen LogP contribution < -0.4 is 10.1 Å². The fraction of sp³-hybridized carbons (Fsp3) is 0.788. The molecule has 338 valence electrons. The summed E-state index contributed by atoms with van der Waals surface area (Å²) in [6.45, 7) is 29.6. The van der Waals surface area contributed by atoms with Gasteiger partial charge in [-0.25, -0.2) is 4.79 Å². The number of carbonyl (C=O) groups is 2. The number of piperidine rings is 1. The van der Waals surface area contributed by atoms with E-state index in [-0.39, 0.29) is 41.2 Å². The minimum Gasteiger partial charge on any atom is -0.469 e. The van der Waals surface area contributed by atoms with Crippen LogP contribution in [-0.2, 0) is 14.3 Å². The molecule has 7 aliphatic rings. The Labute approximate surface area is 372 Å². The van der Waals surface area contributed by atoms with Crippen LogP contribution in [0.4, 0.5) is 0 Å². The number of rotatable bonds is 13. The summed E-state index contributed by atoms with van der Waals surface area (Å²) in [6, 6.07) is 0. The van der Waals surface area contributed by atoms with Crippen molar-refractivity contribution in [2.75, 3.05) is 46.0 Å². The Morgan fingerprint density at radius 3 is 2.36 bits per heavy atom. The number of allylic oxidation sites excluding steroid dienone is 5. The fourth-order valence-electron chi connectivity index (χ4n) is 15.9. The van der Waals surface area contributed by atoms with Gasteiger partial charge in [0, 0.05) is 24.0 Å². The van der Waals surface area contributed by atoms with Crippen LogP contribution in [0, 0.1) is 56.7 Å². The Morgan fingerprint density at radius 2 is 1.66 bits per heavy atom. The first-order valence-electron chi connectivity index (χ1n) is 24.5. The number of nitrogens with one attached hydrogen (secondary N) is 1. The highest BCUT2D eigenvalue weighted by atomic mass is 32.1. The molecule has 1 aromatic rings. The van der Waals surface area contributed by atoms with Crippen LogP contribution in [0.1, 0.15) is 162 Å². The summed E-state index contributed by atoms with van der Waals surface area (Å²) >= 11 is 1.26. The monoisotopic (exact) mass is 858 g/mol. The number of fused-ring (bicyclic) bond motifs is 7. The van der Waals surface area contributed by atoms with E-state index >= 15 is 0 Å². The third-order valence-electron chi connectivity index (χ3n) is 19.1. The molecule has 61 heavy (non-hydrogen) atoms. The van der Waals surface area contributed by atoms with Crippen molar-refractivity contribution < 1.29 is 23.8 Å². The lowest BCUT2D eigenvalue weighted by molar-refractivity contribution is -0.221. The predicted molar refractivity (Wildman–Crippen MR) is 246 cm³/mol. The minimum atomic E-state index is -0.799. The molecule has 0 aromatic carbocycles. The largest absolute Gasteiger partial charge is 0.469 e. The number of esters is 2. The maximum absolute atomic E-state index is 13.7. The Morgan fingerprint density at radius 1 is 0.885 bits per heavy atom. The van der Waals surface area contributed by atoms with Gasteiger partial charge in [0.1, 0.15) is 12.0 Å². The molecule has 6 aliphatic carbocycles. The summed E-state index contributed by atoms with van der Waals surface area (Å²) in [6.07, 6.45) is 22.9. The highest BCUT2D eigenvalue weighted by Gasteiger charge is 2.70. The number of hydrogen-bond acceptors (Lipinski definition) is 9. The lowest BCUT2D eigenvalue weighted by Gasteiger charge is -2.72. The molecule has 8 nitrogen and oxygen atoms in total. The molecule has 4 saturated carbocycles. The van der Waals surface area contributed by atoms with Gasteiger partial charge < -0.3 is 24.4 Å². The summed E-state index contributed by atoms with van der Waals surface area (Å²) < 4.78 is 17.0. The van der Waals surface area contributed by atoms with Crippen LogP contribution in [0.3, 0.4) is 0 Å². The van der Waals surface area contributed by atoms with Crippen LogP contribution in [0.2, 0.25) is 0 Å². The standard InChI is InChI=1S/C52H79N3O5S/c1-10-58-44(56)40-33-61-46(54-40)60-34-51(45(57)59-11-2)24-17-36(18-25-51)38-20-22-48(7)41(47(38,5)6)21-23-50(9)42(48)16-15-39-43-37(35(3)4)19-26-52(43,28-27-49(39,50)8)53-29-32-55-30-13-12-14-31-55/h17,20,33,37,39,41-43,53H,3,10-16,18-19,21-32,34H2,1-2,4-9H3/t37-,39+,41-,42+,43+,48-,49+,50+,51?,52-/m0/s1. The zero-order valence-electron chi connectivity index (χ0n) is 39.2. The van der Waals surface area contributed by atoms with Gasteiger partial charge in [-0.1, -0.05) is 76.7 Å². The van der Waals surface area contributed by atoms with Crippen molar-refractivity contribution in [2.45, 2.75) is 157 Å². The lowest BCUT2D eigenvalue weighted by Crippen LogP contribution is -2.68. The Balaban J connectivity index is 1.00. The molecular weight excluding hydrogens is 779 g/mol. The van der Waals surface area contributed by atoms with Gasteiger partial charge in [0.25, 0.3) is 5.19 Å². The van der Waals surface area contributed by atoms with Crippen molar-refractivity contribution in [3.05, 3.63) is 46.5 Å². The first-order valence-corrected chi connectivity index (χ1v) is 25.4. The van der Waals surface area contributed by atoms with Crippen molar-refractivity contribution in [1.29, 1.82) is 0 Å². The average molecular weight is 858 g/mol. The van der Waals surface area contributed by atoms with Crippen molar-refractivity contribution in [1.82, 2.24) is 15.2 Å². The van der Waals surface area contributed by atoms with E-state index in [0.717, 1.165) is 25.3 Å². The first kappa shape index (κ1) is 45.1. The molecule has 1 unspecified atom stereocenters. The molecule has 9 heteroatoms. The number of likely N-dealkylation sites (tertiary alicyclic amines) is 1. The van der Waals surface area contributed by atoms with E-state index in [2.05, 4.69) is 75.5 Å². The topological polar surface area (TPSA) is 90.0 Å². The minimum absolute atomic E-state index is 0.0270. The molecule has 0 bridgehead atoms. The molecule has 0 radical (unpaired) electrons. The van der Waals surface area contributed by atoms with Crippen molar-refractivity contribution in [2.24, 2.45) is 56.7 Å². The Kier molecular flexibility index (Phi) is 12.7. The summed E-state index contributed by atoms with van der Waals surface area (Å²) in [5, 5.41) is 6.38. The van der Waals surface area contributed by atoms with Crippen molar-refractivity contribution in [3.63, 3.8) is 0 Å². The number of ether oxygens (including phenoxy) is 3. The SMILES string of the molecule is C=C(C)[C@@H]1CC[C@]2(NCCN3CCCCC3)CC[C@]3(C)[C@H](CC[C@@H]4[C@@]5(C)CC=C(C6=CCC(COc7nc(C(=O)OCC)cs7)(C(=O)OCC)CC6)C(C)(C)[C@@H]5CC[C@]43C)[C@@H]12. The van der Waals surface area contributed by atoms with E-state index in [4.69, 9.17) is 14.2 Å². The predicted octanol–water partition coefficient (Wildman–Crippen LogP) is 11.4. The van der Waals surface area contributed by atoms with E-state index in [9.17, 15) is 9.59 Å². The molecular formula is C52H79N3O5S. The molecule has 8 rings (SSSR count). The fourth-order valence-corrected chi connectivity index (χ4v) is 16.5. The van der Waals surface area contributed by atoms with Crippen molar-refractivity contribution >= 4 is 23.3 Å². The summed E-state index contributed by atoms with van der Waals surface area (Å²) in [4.78, 5) is 33.0. The third-order valence-corrected chi connectivity index (χ3v) is 19.9. The number of nitrogens with zero attached hydrogens (tertiary/aromatic N) is 2. The summed E-state index contributed by atoms with van der Waals surface area (Å²) in [5.41, 5.74) is 4.93. The summed E-state index contributed by atoms with van der Waals surface area (Å²) in [5.74, 6) is 2.69. The van der Waals surface area contributed by atoms with Crippen LogP contribution in [-0.4, -0.2) is 73.4 Å². The van der Waals surface area contributed by atoms with Gasteiger partial charge in [-0.05, 0) is 186 Å². The van der Waals surface area contributed by atoms with Crippen LogP contribution in [0.25, 0.3) is 0 Å². The Hall–Kier alpha value is -2.49. The average Bonchev–Trinajstić information content (AvgIpc) is 3.87. The van der Waals surface area contributed by atoms with E-state index in [0.29, 0.717) is 59.1 Å². The highest BCUT2D eigenvalue weighted by Crippen LogP contribution is 2.76. The van der Waals surface area contributed by atoms with Gasteiger partial charge in [-0.3, -0.25) is 4.79 Å². The Bertz CT molecular complexity index is 1880. The lowest BCUT2D eigenvalue weighted by atomic mass is 9.33. The molecule has 1 saturated heterocycles. The summed E-state index contributed by atoms with van der Waals surface area (Å²) in [7, 11) is 0. The van der Waals surface area contributed by atoms with Gasteiger partial charge in [0.15, 0.2) is 5.69 Å². The molecule has 1 N–H and O–H groups in total. The van der Waals surface area contributed by atoms with Crippen LogP contribution in [0.15, 0.2) is 40.8 Å². The quantitative estimate of drug-likeness (QED) is 0.155. The molecule has 0 spiro atoms. The number of thiazole rings is 1. The zero-order valence-corrected chi connectivity index (χ0v) is 40.0. The smallest absolute Gasteiger partial charge is 0.357 e. The van der Waals surface area contributed by atoms with Crippen LogP contribution >= 0.6 is 11.3 Å². The normalized spacial score (nSPS) is 39.4. The zero-order chi connectivity index (χ0) is 43.4. The van der Waals surface area contributed by atoms with Gasteiger partial charge in [0.05, 0.1) is 13.2 Å². The molecule has 1 aromatic heterocycles. The molecule has 0 amide bonds. The third kappa shape index (κ3) is 7.62. The van der Waals surface area contributed by atoms with Gasteiger partial charge in [-0.15, -0.1) is 0 Å². The van der Waals surface area contributed by atoms with Gasteiger partial charge >= 0.3 is 11.9 Å². The van der Waals surface area contributed by atoms with Crippen molar-refractivity contribution in [3.8, 4) is 5.19 Å². The number of aromatic nitrogens is 1. The van der Waals surface area contributed by atoms with Crippen LogP contribution in [0.5, 0.6) is 5.19 Å². The van der Waals surface area contributed by atoms with E-state index in [1.807, 2.05) is 6.92 Å². The number of hydrogen-bond donors (Lipinski definition) is 1. The van der Waals surface area contributed by atoms with Gasteiger partial charge in [0.2, 0.25) is 0 Å². The number of carbonyl (C=O) groups excluding carboxylic acids is 2. The second-order valence-electron chi connectivity index (χ2n) is 22.2. The highest BCUT2D eigenvalue weighted by molar-refractivity contribution is 7.11. The maximum atomic E-state index is 13.7. The molecule has 10 atom stereocenters. The maximum Gasteiger partial charge on any atom is 0.357 e. The molecule has 1 aliphatic heterocycles. The van der Waals surface area contributed by atoms with E-state index in [1.165, 1.54) is 118 Å². The molecule has 2 heterocycles. The second-order valence-corrected chi connectivity index (χ2v) is 23.0. The van der Waals surface area contributed by atoms with E-state index in [1.54, 1.807) is 12.3 Å². The second kappa shape index (κ2) is 17.1. The molecule has 5 fully saturated rings. The first-order chi connectivity index (χ1) is 29.1.